The van der Waals surface area contributed by atoms with Crippen molar-refractivity contribution in [3.05, 3.63) is 0 Å². The first-order chi connectivity index (χ1) is 6.08. The van der Waals surface area contributed by atoms with E-state index in [9.17, 15) is 4.79 Å². The number of hydrogen-bond acceptors (Lipinski definition) is 2. The van der Waals surface area contributed by atoms with Gasteiger partial charge in [0.25, 0.3) is 0 Å². The second-order valence-electron chi connectivity index (χ2n) is 5.04. The van der Waals surface area contributed by atoms with E-state index in [1.165, 1.54) is 0 Å². The van der Waals surface area contributed by atoms with Gasteiger partial charge in [0.05, 0.1) is 0 Å². The van der Waals surface area contributed by atoms with Gasteiger partial charge in [-0.1, -0.05) is 13.8 Å². The summed E-state index contributed by atoms with van der Waals surface area (Å²) >= 11 is 0. The fourth-order valence-electron chi connectivity index (χ4n) is 1.72. The van der Waals surface area contributed by atoms with E-state index in [0.29, 0.717) is 23.8 Å². The third-order valence-corrected chi connectivity index (χ3v) is 3.19. The molecule has 1 heterocycles. The molecule has 1 amide bonds. The van der Waals surface area contributed by atoms with Crippen molar-refractivity contribution in [1.82, 2.24) is 10.6 Å². The molecule has 2 fully saturated rings. The maximum atomic E-state index is 11.4. The van der Waals surface area contributed by atoms with Crippen LogP contribution in [-0.4, -0.2) is 25.0 Å². The van der Waals surface area contributed by atoms with Crippen molar-refractivity contribution in [3.63, 3.8) is 0 Å². The molecule has 2 rings (SSSR count). The van der Waals surface area contributed by atoms with Gasteiger partial charge < -0.3 is 10.6 Å². The first-order valence-electron chi connectivity index (χ1n) is 5.08. The molecule has 2 N–H and O–H groups in total. The van der Waals surface area contributed by atoms with Crippen LogP contribution in [0.3, 0.4) is 0 Å². The Kier molecular flexibility index (Phi) is 2.06. The Morgan fingerprint density at radius 1 is 1.54 bits per heavy atom. The molecule has 13 heavy (non-hydrogen) atoms. The summed E-state index contributed by atoms with van der Waals surface area (Å²) in [5, 5.41) is 6.25. The van der Waals surface area contributed by atoms with Gasteiger partial charge in [-0.2, -0.15) is 0 Å². The highest BCUT2D eigenvalue weighted by atomic mass is 16.1. The fraction of sp³-hybridized carbons (Fsp3) is 0.900. The normalized spacial score (nSPS) is 30.8. The van der Waals surface area contributed by atoms with Gasteiger partial charge in [-0.25, -0.2) is 0 Å². The van der Waals surface area contributed by atoms with Crippen LogP contribution in [0.15, 0.2) is 0 Å². The Balaban J connectivity index is 1.67. The Hall–Kier alpha value is -0.570. The third-order valence-electron chi connectivity index (χ3n) is 3.19. The Morgan fingerprint density at radius 3 is 2.54 bits per heavy atom. The van der Waals surface area contributed by atoms with Crippen molar-refractivity contribution in [1.29, 1.82) is 0 Å². The van der Waals surface area contributed by atoms with Crippen molar-refractivity contribution in [2.24, 2.45) is 11.3 Å². The zero-order valence-electron chi connectivity index (χ0n) is 8.39. The highest BCUT2D eigenvalue weighted by Gasteiger charge is 2.46. The molecule has 0 aromatic rings. The van der Waals surface area contributed by atoms with Crippen LogP contribution in [0.2, 0.25) is 0 Å². The largest absolute Gasteiger partial charge is 0.353 e. The lowest BCUT2D eigenvalue weighted by Crippen LogP contribution is -2.45. The number of amides is 1. The smallest absolute Gasteiger partial charge is 0.220 e. The van der Waals surface area contributed by atoms with Crippen LogP contribution < -0.4 is 10.6 Å². The average Bonchev–Trinajstić information content (AvgIpc) is 2.50. The molecule has 1 aliphatic carbocycles. The first kappa shape index (κ1) is 9.00. The summed E-state index contributed by atoms with van der Waals surface area (Å²) in [7, 11) is 0. The van der Waals surface area contributed by atoms with Gasteiger partial charge in [-0.05, 0) is 30.8 Å². The number of rotatable bonds is 3. The fourth-order valence-corrected chi connectivity index (χ4v) is 1.72. The number of hydrogen-bond donors (Lipinski definition) is 2. The van der Waals surface area contributed by atoms with Crippen LogP contribution in [-0.2, 0) is 4.79 Å². The summed E-state index contributed by atoms with van der Waals surface area (Å²) in [5.41, 5.74) is 0.355. The van der Waals surface area contributed by atoms with E-state index in [1.54, 1.807) is 0 Å². The summed E-state index contributed by atoms with van der Waals surface area (Å²) in [5.74, 6) is 0.823. The molecule has 1 atom stereocenters. The molecular weight excluding hydrogens is 164 g/mol. The minimum atomic E-state index is 0.238. The molecule has 3 heteroatoms. The second kappa shape index (κ2) is 2.98. The van der Waals surface area contributed by atoms with Crippen LogP contribution in [0.4, 0.5) is 0 Å². The first-order valence-corrected chi connectivity index (χ1v) is 5.08. The van der Waals surface area contributed by atoms with E-state index in [0.717, 1.165) is 19.5 Å². The van der Waals surface area contributed by atoms with E-state index in [2.05, 4.69) is 24.5 Å². The minimum Gasteiger partial charge on any atom is -0.353 e. The summed E-state index contributed by atoms with van der Waals surface area (Å²) in [6.45, 7) is 6.43. The standard InChI is InChI=1S/C10H18N2O/c1-10(2)4-8(10)12-9(13)3-7-5-11-6-7/h7-8,11H,3-6H2,1-2H3,(H,12,13). The van der Waals surface area contributed by atoms with Crippen LogP contribution >= 0.6 is 0 Å². The summed E-state index contributed by atoms with van der Waals surface area (Å²) in [6, 6.07) is 0.438. The van der Waals surface area contributed by atoms with Gasteiger partial charge in [-0.3, -0.25) is 4.79 Å². The molecule has 0 radical (unpaired) electrons. The zero-order chi connectivity index (χ0) is 9.47. The van der Waals surface area contributed by atoms with Crippen LogP contribution in [0, 0.1) is 11.3 Å². The average molecular weight is 182 g/mol. The lowest BCUT2D eigenvalue weighted by atomic mass is 9.99. The minimum absolute atomic E-state index is 0.238. The van der Waals surface area contributed by atoms with Gasteiger partial charge in [0.15, 0.2) is 0 Å². The molecule has 1 saturated heterocycles. The van der Waals surface area contributed by atoms with Gasteiger partial charge in [0, 0.05) is 12.5 Å². The highest BCUT2D eigenvalue weighted by molar-refractivity contribution is 5.77. The van der Waals surface area contributed by atoms with Crippen LogP contribution in [0.1, 0.15) is 26.7 Å². The number of carbonyl (C=O) groups excluding carboxylic acids is 1. The van der Waals surface area contributed by atoms with Crippen molar-refractivity contribution >= 4 is 5.91 Å². The van der Waals surface area contributed by atoms with Crippen molar-refractivity contribution in [2.45, 2.75) is 32.7 Å². The molecule has 2 aliphatic rings. The lowest BCUT2D eigenvalue weighted by molar-refractivity contribution is -0.122. The second-order valence-corrected chi connectivity index (χ2v) is 5.04. The molecule has 0 spiro atoms. The molecule has 0 aromatic carbocycles. The molecule has 74 valence electrons. The maximum absolute atomic E-state index is 11.4. The predicted molar refractivity (Wildman–Crippen MR) is 51.3 cm³/mol. The molecule has 1 aliphatic heterocycles. The van der Waals surface area contributed by atoms with E-state index in [-0.39, 0.29) is 5.91 Å². The van der Waals surface area contributed by atoms with E-state index >= 15 is 0 Å². The van der Waals surface area contributed by atoms with E-state index in [4.69, 9.17) is 0 Å². The molecule has 1 saturated carbocycles. The Bertz CT molecular complexity index is 221. The summed E-state index contributed by atoms with van der Waals surface area (Å²) in [6.07, 6.45) is 1.85. The van der Waals surface area contributed by atoms with Gasteiger partial charge in [0.2, 0.25) is 5.91 Å². The highest BCUT2D eigenvalue weighted by Crippen LogP contribution is 2.44. The lowest BCUT2D eigenvalue weighted by Gasteiger charge is -2.26. The Morgan fingerprint density at radius 2 is 2.15 bits per heavy atom. The maximum Gasteiger partial charge on any atom is 0.220 e. The summed E-state index contributed by atoms with van der Waals surface area (Å²) < 4.78 is 0. The van der Waals surface area contributed by atoms with Crippen LogP contribution in [0.25, 0.3) is 0 Å². The molecule has 0 aromatic heterocycles. The SMILES string of the molecule is CC1(C)CC1NC(=O)CC1CNC1. The topological polar surface area (TPSA) is 41.1 Å². The zero-order valence-corrected chi connectivity index (χ0v) is 8.39. The van der Waals surface area contributed by atoms with Crippen LogP contribution in [0.5, 0.6) is 0 Å². The summed E-state index contributed by atoms with van der Waals surface area (Å²) in [4.78, 5) is 11.4. The van der Waals surface area contributed by atoms with E-state index < -0.39 is 0 Å². The van der Waals surface area contributed by atoms with E-state index in [1.807, 2.05) is 0 Å². The van der Waals surface area contributed by atoms with Gasteiger partial charge >= 0.3 is 0 Å². The molecular formula is C10H18N2O. The van der Waals surface area contributed by atoms with Crippen molar-refractivity contribution in [3.8, 4) is 0 Å². The molecule has 3 nitrogen and oxygen atoms in total. The van der Waals surface area contributed by atoms with Gasteiger partial charge in [0.1, 0.15) is 0 Å². The molecule has 0 bridgehead atoms. The number of nitrogens with one attached hydrogen (secondary N) is 2. The quantitative estimate of drug-likeness (QED) is 0.667. The van der Waals surface area contributed by atoms with Gasteiger partial charge in [-0.15, -0.1) is 0 Å². The van der Waals surface area contributed by atoms with Crippen molar-refractivity contribution < 1.29 is 4.79 Å². The monoisotopic (exact) mass is 182 g/mol. The molecule has 1 unspecified atom stereocenters. The van der Waals surface area contributed by atoms with Crippen molar-refractivity contribution in [2.75, 3.05) is 13.1 Å². The number of carbonyl (C=O) groups is 1. The third kappa shape index (κ3) is 2.02. The Labute approximate surface area is 79.3 Å². The predicted octanol–water partition coefficient (Wildman–Crippen LogP) is 0.511.